The van der Waals surface area contributed by atoms with Gasteiger partial charge in [-0.2, -0.15) is 5.10 Å². The second-order valence-corrected chi connectivity index (χ2v) is 8.90. The molecular weight excluding hydrogens is 450 g/mol. The highest BCUT2D eigenvalue weighted by Crippen LogP contribution is 2.40. The fraction of sp³-hybridized carbons (Fsp3) is 0.231. The topological polar surface area (TPSA) is 81.9 Å². The van der Waals surface area contributed by atoms with Gasteiger partial charge in [0, 0.05) is 46.2 Å². The first-order chi connectivity index (χ1) is 16.5. The number of nitrogens with one attached hydrogen (secondary N) is 1. The number of aryl methyl sites for hydroxylation is 2. The van der Waals surface area contributed by atoms with Gasteiger partial charge in [0.25, 0.3) is 5.91 Å². The van der Waals surface area contributed by atoms with Crippen molar-refractivity contribution in [3.8, 4) is 17.0 Å². The Kier molecular flexibility index (Phi) is 6.02. The largest absolute Gasteiger partial charge is 0.487 e. The van der Waals surface area contributed by atoms with E-state index in [0.29, 0.717) is 35.8 Å². The van der Waals surface area contributed by atoms with E-state index in [9.17, 15) is 4.79 Å². The van der Waals surface area contributed by atoms with Crippen molar-refractivity contribution < 1.29 is 9.53 Å². The molecule has 1 atom stereocenters. The molecule has 34 heavy (non-hydrogen) atoms. The maximum absolute atomic E-state index is 12.7. The Bertz CT molecular complexity index is 1340. The zero-order chi connectivity index (χ0) is 23.7. The highest BCUT2D eigenvalue weighted by atomic mass is 35.5. The van der Waals surface area contributed by atoms with E-state index in [4.69, 9.17) is 16.3 Å². The molecule has 0 fully saturated rings. The van der Waals surface area contributed by atoms with Crippen LogP contribution in [-0.2, 0) is 13.0 Å². The Morgan fingerprint density at radius 3 is 2.71 bits per heavy atom. The average Bonchev–Trinajstić information content (AvgIpc) is 3.39. The van der Waals surface area contributed by atoms with E-state index in [1.807, 2.05) is 54.9 Å². The smallest absolute Gasteiger partial charge is 0.251 e. The fourth-order valence-corrected chi connectivity index (χ4v) is 4.46. The quantitative estimate of drug-likeness (QED) is 0.449. The van der Waals surface area contributed by atoms with Gasteiger partial charge in [-0.25, -0.2) is 0 Å². The van der Waals surface area contributed by atoms with Gasteiger partial charge in [0.2, 0.25) is 0 Å². The van der Waals surface area contributed by atoms with Crippen LogP contribution in [0.25, 0.3) is 11.3 Å². The average molecular weight is 474 g/mol. The highest BCUT2D eigenvalue weighted by molar-refractivity contribution is 6.31. The predicted octanol–water partition coefficient (Wildman–Crippen LogP) is 4.39. The third-order valence-electron chi connectivity index (χ3n) is 5.84. The number of amides is 1. The molecule has 0 spiro atoms. The SMILES string of the molecule is Cc1cc(C)n(Cc2ccc(C(=O)NCC3Cc4cc(Cl)cc(-c5cnccn5)c4O3)cc2)n1. The molecule has 1 unspecified atom stereocenters. The first-order valence-electron chi connectivity index (χ1n) is 11.1. The molecule has 172 valence electrons. The molecule has 4 aromatic rings. The van der Waals surface area contributed by atoms with E-state index >= 15 is 0 Å². The molecule has 8 heteroatoms. The molecule has 2 aromatic carbocycles. The summed E-state index contributed by atoms with van der Waals surface area (Å²) in [5.74, 6) is 0.613. The number of carbonyl (C=O) groups excluding carboxylic acids is 1. The minimum atomic E-state index is -0.182. The Hall–Kier alpha value is -3.71. The van der Waals surface area contributed by atoms with Crippen LogP contribution in [-0.4, -0.2) is 38.3 Å². The van der Waals surface area contributed by atoms with Gasteiger partial charge in [-0.05, 0) is 49.7 Å². The number of hydrogen-bond donors (Lipinski definition) is 1. The molecule has 1 aliphatic heterocycles. The molecule has 7 nitrogen and oxygen atoms in total. The van der Waals surface area contributed by atoms with Crippen LogP contribution in [0.1, 0.15) is 32.9 Å². The van der Waals surface area contributed by atoms with E-state index in [2.05, 4.69) is 26.4 Å². The van der Waals surface area contributed by atoms with E-state index in [1.54, 1.807) is 18.6 Å². The second kappa shape index (κ2) is 9.27. The monoisotopic (exact) mass is 473 g/mol. The summed E-state index contributed by atoms with van der Waals surface area (Å²) in [4.78, 5) is 21.2. The zero-order valence-corrected chi connectivity index (χ0v) is 19.7. The lowest BCUT2D eigenvalue weighted by Crippen LogP contribution is -2.34. The van der Waals surface area contributed by atoms with Crippen molar-refractivity contribution in [2.45, 2.75) is 32.9 Å². The molecule has 5 rings (SSSR count). The Morgan fingerprint density at radius 1 is 1.18 bits per heavy atom. The van der Waals surface area contributed by atoms with Gasteiger partial charge in [0.1, 0.15) is 11.9 Å². The van der Waals surface area contributed by atoms with Crippen LogP contribution in [0, 0.1) is 13.8 Å². The lowest BCUT2D eigenvalue weighted by Gasteiger charge is -2.14. The van der Waals surface area contributed by atoms with Crippen molar-refractivity contribution >= 4 is 17.5 Å². The van der Waals surface area contributed by atoms with Gasteiger partial charge in [0.15, 0.2) is 0 Å². The van der Waals surface area contributed by atoms with Crippen molar-refractivity contribution in [3.63, 3.8) is 0 Å². The van der Waals surface area contributed by atoms with Gasteiger partial charge in [-0.1, -0.05) is 23.7 Å². The highest BCUT2D eigenvalue weighted by Gasteiger charge is 2.27. The molecule has 1 amide bonds. The first kappa shape index (κ1) is 22.1. The fourth-order valence-electron chi connectivity index (χ4n) is 4.21. The van der Waals surface area contributed by atoms with Gasteiger partial charge in [-0.3, -0.25) is 19.4 Å². The summed E-state index contributed by atoms with van der Waals surface area (Å²) < 4.78 is 8.14. The van der Waals surface area contributed by atoms with Gasteiger partial charge in [0.05, 0.1) is 30.7 Å². The van der Waals surface area contributed by atoms with Crippen LogP contribution in [0.2, 0.25) is 5.02 Å². The predicted molar refractivity (Wildman–Crippen MR) is 130 cm³/mol. The van der Waals surface area contributed by atoms with E-state index in [1.165, 1.54) is 0 Å². The minimum absolute atomic E-state index is 0.135. The number of benzene rings is 2. The lowest BCUT2D eigenvalue weighted by molar-refractivity contribution is 0.0933. The normalized spacial score (nSPS) is 14.5. The van der Waals surface area contributed by atoms with Crippen molar-refractivity contribution in [1.82, 2.24) is 25.1 Å². The first-order valence-corrected chi connectivity index (χ1v) is 11.5. The summed E-state index contributed by atoms with van der Waals surface area (Å²) in [5.41, 5.74) is 6.31. The van der Waals surface area contributed by atoms with Gasteiger partial charge < -0.3 is 10.1 Å². The Labute approximate surface area is 202 Å². The molecule has 0 saturated carbocycles. The summed E-state index contributed by atoms with van der Waals surface area (Å²) in [5, 5.41) is 8.10. The molecule has 0 bridgehead atoms. The standard InChI is InChI=1S/C26H24ClN5O2/c1-16-9-17(2)32(31-16)15-18-3-5-19(6-4-18)26(33)30-13-22-11-20-10-21(27)12-23(25(20)34-22)24-14-28-7-8-29-24/h3-10,12,14,22H,11,13,15H2,1-2H3,(H,30,33). The summed E-state index contributed by atoms with van der Waals surface area (Å²) in [6.07, 6.45) is 5.42. The molecule has 1 N–H and O–H groups in total. The lowest BCUT2D eigenvalue weighted by atomic mass is 10.0. The van der Waals surface area contributed by atoms with Crippen molar-refractivity contribution in [2.24, 2.45) is 0 Å². The summed E-state index contributed by atoms with van der Waals surface area (Å²) in [6.45, 7) is 5.08. The summed E-state index contributed by atoms with van der Waals surface area (Å²) >= 11 is 6.33. The molecule has 1 aliphatic rings. The van der Waals surface area contributed by atoms with Crippen LogP contribution in [0.3, 0.4) is 0 Å². The number of fused-ring (bicyclic) bond motifs is 1. The Balaban J connectivity index is 1.21. The van der Waals surface area contributed by atoms with Crippen LogP contribution < -0.4 is 10.1 Å². The number of hydrogen-bond acceptors (Lipinski definition) is 5. The van der Waals surface area contributed by atoms with Crippen molar-refractivity contribution in [1.29, 1.82) is 0 Å². The molecule has 3 heterocycles. The van der Waals surface area contributed by atoms with Crippen molar-refractivity contribution in [2.75, 3.05) is 6.54 Å². The van der Waals surface area contributed by atoms with Crippen molar-refractivity contribution in [3.05, 3.63) is 94.2 Å². The van der Waals surface area contributed by atoms with Crippen LogP contribution in [0.15, 0.2) is 61.1 Å². The third-order valence-corrected chi connectivity index (χ3v) is 6.06. The third kappa shape index (κ3) is 4.65. The van der Waals surface area contributed by atoms with E-state index in [-0.39, 0.29) is 12.0 Å². The number of aromatic nitrogens is 4. The van der Waals surface area contributed by atoms with Crippen LogP contribution in [0.5, 0.6) is 5.75 Å². The van der Waals surface area contributed by atoms with Crippen LogP contribution >= 0.6 is 11.6 Å². The zero-order valence-electron chi connectivity index (χ0n) is 19.0. The molecule has 2 aromatic heterocycles. The molecule has 0 saturated heterocycles. The molecule has 0 radical (unpaired) electrons. The molecule has 0 aliphatic carbocycles. The minimum Gasteiger partial charge on any atom is -0.487 e. The number of ether oxygens (including phenoxy) is 1. The van der Waals surface area contributed by atoms with Crippen LogP contribution in [0.4, 0.5) is 0 Å². The Morgan fingerprint density at radius 2 is 2.00 bits per heavy atom. The number of halogens is 1. The van der Waals surface area contributed by atoms with E-state index in [0.717, 1.165) is 33.8 Å². The van der Waals surface area contributed by atoms with Gasteiger partial charge in [-0.15, -0.1) is 0 Å². The van der Waals surface area contributed by atoms with E-state index < -0.39 is 0 Å². The second-order valence-electron chi connectivity index (χ2n) is 8.47. The molecular formula is C26H24ClN5O2. The maximum atomic E-state index is 12.7. The summed E-state index contributed by atoms with van der Waals surface area (Å²) in [6, 6.07) is 13.4. The number of carbonyl (C=O) groups is 1. The number of nitrogens with zero attached hydrogens (tertiary/aromatic N) is 4. The maximum Gasteiger partial charge on any atom is 0.251 e. The summed E-state index contributed by atoms with van der Waals surface area (Å²) in [7, 11) is 0. The number of rotatable bonds is 6. The van der Waals surface area contributed by atoms with Gasteiger partial charge >= 0.3 is 0 Å².